The van der Waals surface area contributed by atoms with E-state index >= 15 is 0 Å². The summed E-state index contributed by atoms with van der Waals surface area (Å²) < 4.78 is 32.9. The van der Waals surface area contributed by atoms with Gasteiger partial charge in [-0.25, -0.2) is 13.6 Å². The number of anilines is 2. The summed E-state index contributed by atoms with van der Waals surface area (Å²) in [5.41, 5.74) is 2.83. The average molecular weight is 427 g/mol. The molecule has 0 radical (unpaired) electrons. The van der Waals surface area contributed by atoms with Crippen LogP contribution in [0.25, 0.3) is 22.1 Å². The number of amides is 2. The third-order valence-corrected chi connectivity index (χ3v) is 5.04. The predicted molar refractivity (Wildman–Crippen MR) is 115 cm³/mol. The number of nitrogens with one attached hydrogen (secondary N) is 2. The van der Waals surface area contributed by atoms with Crippen molar-refractivity contribution in [1.82, 2.24) is 0 Å². The maximum absolute atomic E-state index is 13.9. The summed E-state index contributed by atoms with van der Waals surface area (Å²) in [5, 5.41) is 6.27. The first-order valence-corrected chi connectivity index (χ1v) is 9.67. The van der Waals surface area contributed by atoms with Crippen LogP contribution in [-0.2, 0) is 6.42 Å². The topological polar surface area (TPSA) is 54.3 Å². The van der Waals surface area contributed by atoms with Gasteiger partial charge in [0.25, 0.3) is 0 Å². The van der Waals surface area contributed by atoms with Crippen LogP contribution >= 0.6 is 11.6 Å². The highest BCUT2D eigenvalue weighted by Gasteiger charge is 2.20. The lowest BCUT2D eigenvalue weighted by Crippen LogP contribution is -2.20. The summed E-state index contributed by atoms with van der Waals surface area (Å²) in [7, 11) is 0. The van der Waals surface area contributed by atoms with E-state index in [-0.39, 0.29) is 11.6 Å². The van der Waals surface area contributed by atoms with Gasteiger partial charge >= 0.3 is 6.03 Å². The Morgan fingerprint density at radius 3 is 2.57 bits per heavy atom. The molecule has 4 rings (SSSR count). The number of hydrogen-bond acceptors (Lipinski definition) is 2. The van der Waals surface area contributed by atoms with Crippen LogP contribution in [0.4, 0.5) is 25.1 Å². The van der Waals surface area contributed by atoms with Crippen molar-refractivity contribution >= 4 is 40.2 Å². The lowest BCUT2D eigenvalue weighted by molar-refractivity contribution is 0.261. The fraction of sp³-hybridized carbons (Fsp3) is 0.0870. The van der Waals surface area contributed by atoms with Crippen molar-refractivity contribution < 1.29 is 18.0 Å². The zero-order valence-corrected chi connectivity index (χ0v) is 16.7. The van der Waals surface area contributed by atoms with E-state index < -0.39 is 17.7 Å². The van der Waals surface area contributed by atoms with Crippen LogP contribution in [0.1, 0.15) is 12.5 Å². The largest absolute Gasteiger partial charge is 0.440 e. The molecule has 4 aromatic rings. The fourth-order valence-corrected chi connectivity index (χ4v) is 3.46. The molecule has 2 amide bonds. The Hall–Kier alpha value is -3.38. The van der Waals surface area contributed by atoms with Crippen molar-refractivity contribution in [3.63, 3.8) is 0 Å². The number of carbonyl (C=O) groups excluding carboxylic acids is 1. The number of benzene rings is 3. The number of carbonyl (C=O) groups is 1. The molecule has 0 saturated carbocycles. The van der Waals surface area contributed by atoms with E-state index in [9.17, 15) is 13.6 Å². The summed E-state index contributed by atoms with van der Waals surface area (Å²) in [6, 6.07) is 15.1. The van der Waals surface area contributed by atoms with Crippen LogP contribution in [0.3, 0.4) is 0 Å². The van der Waals surface area contributed by atoms with Crippen molar-refractivity contribution in [3.8, 4) is 11.1 Å². The van der Waals surface area contributed by atoms with Crippen molar-refractivity contribution in [3.05, 3.63) is 82.9 Å². The monoisotopic (exact) mass is 426 g/mol. The van der Waals surface area contributed by atoms with E-state index in [0.29, 0.717) is 27.8 Å². The molecule has 0 fully saturated rings. The summed E-state index contributed by atoms with van der Waals surface area (Å²) in [6.45, 7) is 2.04. The van der Waals surface area contributed by atoms with Crippen LogP contribution in [0.15, 0.2) is 65.1 Å². The summed E-state index contributed by atoms with van der Waals surface area (Å²) in [4.78, 5) is 12.5. The molecule has 0 aliphatic carbocycles. The first-order chi connectivity index (χ1) is 14.5. The Balaban J connectivity index is 1.75. The minimum absolute atomic E-state index is 0.155. The van der Waals surface area contributed by atoms with Crippen molar-refractivity contribution in [1.29, 1.82) is 0 Å². The van der Waals surface area contributed by atoms with E-state index in [0.717, 1.165) is 29.5 Å². The van der Waals surface area contributed by atoms with Crippen LogP contribution in [0.2, 0.25) is 5.02 Å². The molecule has 152 valence electrons. The zero-order chi connectivity index (χ0) is 21.3. The highest BCUT2D eigenvalue weighted by molar-refractivity contribution is 6.34. The minimum atomic E-state index is -0.881. The van der Waals surface area contributed by atoms with Gasteiger partial charge in [0, 0.05) is 22.0 Å². The standard InChI is InChI=1S/C23H17ClF2N2O2/c1-2-13-7-10-20-16(11-13)21(15-5-3-4-6-17(15)24)22(30-20)28-23(29)27-19-9-8-14(25)12-18(19)26/h3-12H,2H2,1H3,(H2,27,28,29). The molecule has 3 aromatic carbocycles. The van der Waals surface area contributed by atoms with Gasteiger partial charge in [-0.05, 0) is 42.3 Å². The molecule has 4 nitrogen and oxygen atoms in total. The second-order valence-corrected chi connectivity index (χ2v) is 7.08. The number of furan rings is 1. The van der Waals surface area contributed by atoms with E-state index in [2.05, 4.69) is 10.6 Å². The third kappa shape index (κ3) is 3.86. The van der Waals surface area contributed by atoms with Gasteiger partial charge in [0.15, 0.2) is 0 Å². The van der Waals surface area contributed by atoms with Crippen LogP contribution in [0, 0.1) is 11.6 Å². The number of halogens is 3. The summed E-state index contributed by atoms with van der Waals surface area (Å²) in [5.74, 6) is -1.44. The summed E-state index contributed by atoms with van der Waals surface area (Å²) >= 11 is 6.41. The first-order valence-electron chi connectivity index (χ1n) is 9.29. The van der Waals surface area contributed by atoms with Crippen molar-refractivity contribution in [2.75, 3.05) is 10.6 Å². The number of rotatable bonds is 4. The SMILES string of the molecule is CCc1ccc2oc(NC(=O)Nc3ccc(F)cc3F)c(-c3ccccc3Cl)c2c1. The molecule has 0 atom stereocenters. The molecule has 0 unspecified atom stereocenters. The summed E-state index contributed by atoms with van der Waals surface area (Å²) in [6.07, 6.45) is 0.830. The van der Waals surface area contributed by atoms with Crippen LogP contribution < -0.4 is 10.6 Å². The molecule has 0 bridgehead atoms. The van der Waals surface area contributed by atoms with Gasteiger partial charge in [0.2, 0.25) is 5.88 Å². The minimum Gasteiger partial charge on any atom is -0.440 e. The van der Waals surface area contributed by atoms with Crippen molar-refractivity contribution in [2.45, 2.75) is 13.3 Å². The molecule has 0 aliphatic heterocycles. The highest BCUT2D eigenvalue weighted by Crippen LogP contribution is 2.41. The van der Waals surface area contributed by atoms with Crippen LogP contribution in [0.5, 0.6) is 0 Å². The maximum atomic E-state index is 13.9. The van der Waals surface area contributed by atoms with Crippen molar-refractivity contribution in [2.24, 2.45) is 0 Å². The van der Waals surface area contributed by atoms with E-state index in [1.807, 2.05) is 43.3 Å². The maximum Gasteiger partial charge on any atom is 0.326 e. The number of fused-ring (bicyclic) bond motifs is 1. The molecule has 1 aromatic heterocycles. The lowest BCUT2D eigenvalue weighted by atomic mass is 10.0. The second kappa shape index (κ2) is 8.16. The average Bonchev–Trinajstić information content (AvgIpc) is 3.07. The molecular weight excluding hydrogens is 410 g/mol. The van der Waals surface area contributed by atoms with Gasteiger partial charge in [-0.3, -0.25) is 5.32 Å². The van der Waals surface area contributed by atoms with Gasteiger partial charge in [-0.1, -0.05) is 42.8 Å². The molecule has 1 heterocycles. The normalized spacial score (nSPS) is 10.9. The molecule has 0 aliphatic rings. The Bertz CT molecular complexity index is 1250. The van der Waals surface area contributed by atoms with Gasteiger partial charge in [-0.2, -0.15) is 0 Å². The first kappa shape index (κ1) is 19.9. The number of hydrogen-bond donors (Lipinski definition) is 2. The Labute approximate surface area is 176 Å². The quantitative estimate of drug-likeness (QED) is 0.361. The van der Waals surface area contributed by atoms with Gasteiger partial charge in [0.05, 0.1) is 11.3 Å². The smallest absolute Gasteiger partial charge is 0.326 e. The van der Waals surface area contributed by atoms with Crippen LogP contribution in [-0.4, -0.2) is 6.03 Å². The van der Waals surface area contributed by atoms with Gasteiger partial charge in [-0.15, -0.1) is 0 Å². The second-order valence-electron chi connectivity index (χ2n) is 6.67. The van der Waals surface area contributed by atoms with Gasteiger partial charge < -0.3 is 9.73 Å². The number of urea groups is 1. The molecule has 30 heavy (non-hydrogen) atoms. The number of aryl methyl sites for hydroxylation is 1. The fourth-order valence-electron chi connectivity index (χ4n) is 3.23. The molecule has 0 spiro atoms. The zero-order valence-electron chi connectivity index (χ0n) is 15.9. The third-order valence-electron chi connectivity index (χ3n) is 4.71. The molecule has 7 heteroatoms. The predicted octanol–water partition coefficient (Wildman–Crippen LogP) is 7.24. The van der Waals surface area contributed by atoms with Gasteiger partial charge in [0.1, 0.15) is 17.2 Å². The Morgan fingerprint density at radius 2 is 1.83 bits per heavy atom. The molecular formula is C23H17ClF2N2O2. The lowest BCUT2D eigenvalue weighted by Gasteiger charge is -2.09. The van der Waals surface area contributed by atoms with E-state index in [1.165, 1.54) is 0 Å². The molecule has 0 saturated heterocycles. The highest BCUT2D eigenvalue weighted by atomic mass is 35.5. The molecule has 2 N–H and O–H groups in total. The Morgan fingerprint density at radius 1 is 1.03 bits per heavy atom. The van der Waals surface area contributed by atoms with E-state index in [1.54, 1.807) is 6.07 Å². The van der Waals surface area contributed by atoms with E-state index in [4.69, 9.17) is 16.0 Å². The Kier molecular flexibility index (Phi) is 5.42.